The van der Waals surface area contributed by atoms with Gasteiger partial charge >= 0.3 is 0 Å². The van der Waals surface area contributed by atoms with E-state index in [2.05, 4.69) is 20.6 Å². The van der Waals surface area contributed by atoms with E-state index in [0.717, 1.165) is 11.3 Å². The van der Waals surface area contributed by atoms with Crippen molar-refractivity contribution < 1.29 is 9.59 Å². The van der Waals surface area contributed by atoms with Crippen LogP contribution in [0.1, 0.15) is 24.1 Å². The fourth-order valence-electron chi connectivity index (χ4n) is 1.68. The standard InChI is InChI=1S/C11H14N4O2/c1-6-7(2)12-5-13-10(6)14-8-3-4-9(16)15-11(8)17/h5,8H,3-4H2,1-2H3,(H,12,13,14)(H,15,16,17). The topological polar surface area (TPSA) is 84.0 Å². The van der Waals surface area contributed by atoms with Crippen molar-refractivity contribution in [3.05, 3.63) is 17.6 Å². The first-order chi connectivity index (χ1) is 8.08. The summed E-state index contributed by atoms with van der Waals surface area (Å²) in [6, 6.07) is -0.402. The van der Waals surface area contributed by atoms with Crippen LogP contribution in [0.4, 0.5) is 5.82 Å². The lowest BCUT2D eigenvalue weighted by Crippen LogP contribution is -2.47. The van der Waals surface area contributed by atoms with E-state index in [0.29, 0.717) is 18.7 Å². The molecule has 2 amide bonds. The zero-order valence-corrected chi connectivity index (χ0v) is 9.78. The van der Waals surface area contributed by atoms with Gasteiger partial charge in [-0.2, -0.15) is 0 Å². The molecule has 1 aromatic rings. The van der Waals surface area contributed by atoms with E-state index >= 15 is 0 Å². The number of aryl methyl sites for hydroxylation is 1. The predicted octanol–water partition coefficient (Wildman–Crippen LogP) is 0.311. The van der Waals surface area contributed by atoms with Crippen molar-refractivity contribution in [2.24, 2.45) is 0 Å². The SMILES string of the molecule is Cc1ncnc(NC2CCC(=O)NC2=O)c1C. The Morgan fingerprint density at radius 3 is 2.82 bits per heavy atom. The summed E-state index contributed by atoms with van der Waals surface area (Å²) < 4.78 is 0. The van der Waals surface area contributed by atoms with Gasteiger partial charge < -0.3 is 5.32 Å². The van der Waals surface area contributed by atoms with Crippen LogP contribution in [0.5, 0.6) is 0 Å². The van der Waals surface area contributed by atoms with Crippen LogP contribution in [-0.4, -0.2) is 27.8 Å². The van der Waals surface area contributed by atoms with Crippen molar-refractivity contribution >= 4 is 17.6 Å². The summed E-state index contributed by atoms with van der Waals surface area (Å²) in [5, 5.41) is 5.34. The van der Waals surface area contributed by atoms with E-state index < -0.39 is 6.04 Å². The molecule has 1 aliphatic heterocycles. The summed E-state index contributed by atoms with van der Waals surface area (Å²) in [5.74, 6) is 0.132. The molecule has 1 fully saturated rings. The molecule has 0 saturated carbocycles. The van der Waals surface area contributed by atoms with Crippen molar-refractivity contribution in [1.82, 2.24) is 15.3 Å². The average Bonchev–Trinajstić information content (AvgIpc) is 2.28. The van der Waals surface area contributed by atoms with Crippen molar-refractivity contribution in [3.63, 3.8) is 0 Å². The van der Waals surface area contributed by atoms with Crippen molar-refractivity contribution in [2.45, 2.75) is 32.7 Å². The quantitative estimate of drug-likeness (QED) is 0.719. The van der Waals surface area contributed by atoms with Gasteiger partial charge in [-0.1, -0.05) is 0 Å². The second-order valence-electron chi connectivity index (χ2n) is 4.08. The Bertz CT molecular complexity index is 473. The lowest BCUT2D eigenvalue weighted by atomic mass is 10.1. The average molecular weight is 234 g/mol. The number of carbonyl (C=O) groups is 2. The van der Waals surface area contributed by atoms with E-state index in [4.69, 9.17) is 0 Å². The van der Waals surface area contributed by atoms with Gasteiger partial charge in [-0.3, -0.25) is 14.9 Å². The number of nitrogens with zero attached hydrogens (tertiary/aromatic N) is 2. The summed E-state index contributed by atoms with van der Waals surface area (Å²) in [7, 11) is 0. The Morgan fingerprint density at radius 2 is 2.12 bits per heavy atom. The number of imide groups is 1. The largest absolute Gasteiger partial charge is 0.358 e. The van der Waals surface area contributed by atoms with Gasteiger partial charge in [-0.15, -0.1) is 0 Å². The van der Waals surface area contributed by atoms with Crippen molar-refractivity contribution in [2.75, 3.05) is 5.32 Å². The molecule has 2 rings (SSSR count). The molecule has 0 aliphatic carbocycles. The fraction of sp³-hybridized carbons (Fsp3) is 0.455. The fourth-order valence-corrected chi connectivity index (χ4v) is 1.68. The van der Waals surface area contributed by atoms with Crippen LogP contribution >= 0.6 is 0 Å². The second kappa shape index (κ2) is 4.48. The van der Waals surface area contributed by atoms with Gasteiger partial charge in [0.15, 0.2) is 0 Å². The molecule has 90 valence electrons. The van der Waals surface area contributed by atoms with Crippen molar-refractivity contribution in [1.29, 1.82) is 0 Å². The minimum atomic E-state index is -0.402. The van der Waals surface area contributed by atoms with E-state index in [9.17, 15) is 9.59 Å². The third-order valence-corrected chi connectivity index (χ3v) is 2.89. The molecule has 0 bridgehead atoms. The first-order valence-electron chi connectivity index (χ1n) is 5.46. The monoisotopic (exact) mass is 234 g/mol. The molecular formula is C11H14N4O2. The van der Waals surface area contributed by atoms with Gasteiger partial charge in [0.1, 0.15) is 18.2 Å². The molecule has 1 unspecified atom stereocenters. The van der Waals surface area contributed by atoms with E-state index in [1.165, 1.54) is 6.33 Å². The van der Waals surface area contributed by atoms with Gasteiger partial charge in [0, 0.05) is 17.7 Å². The number of rotatable bonds is 2. The summed E-state index contributed by atoms with van der Waals surface area (Å²) in [6.07, 6.45) is 2.30. The van der Waals surface area contributed by atoms with E-state index in [-0.39, 0.29) is 11.8 Å². The first-order valence-corrected chi connectivity index (χ1v) is 5.46. The summed E-state index contributed by atoms with van der Waals surface area (Å²) in [4.78, 5) is 30.7. The normalized spacial score (nSPS) is 20.0. The van der Waals surface area contributed by atoms with Crippen molar-refractivity contribution in [3.8, 4) is 0 Å². The number of hydrogen-bond donors (Lipinski definition) is 2. The molecule has 1 saturated heterocycles. The molecule has 6 nitrogen and oxygen atoms in total. The zero-order chi connectivity index (χ0) is 12.4. The van der Waals surface area contributed by atoms with Crippen LogP contribution in [0.3, 0.4) is 0 Å². The molecule has 2 heterocycles. The Balaban J connectivity index is 2.13. The third kappa shape index (κ3) is 2.41. The van der Waals surface area contributed by atoms with Crippen LogP contribution < -0.4 is 10.6 Å². The lowest BCUT2D eigenvalue weighted by molar-refractivity contribution is -0.133. The summed E-state index contributed by atoms with van der Waals surface area (Å²) in [5.41, 5.74) is 1.78. The predicted molar refractivity (Wildman–Crippen MR) is 61.3 cm³/mol. The molecule has 1 aromatic heterocycles. The summed E-state index contributed by atoms with van der Waals surface area (Å²) in [6.45, 7) is 3.77. The second-order valence-corrected chi connectivity index (χ2v) is 4.08. The maximum atomic E-state index is 11.6. The van der Waals surface area contributed by atoms with Crippen LogP contribution in [0, 0.1) is 13.8 Å². The Morgan fingerprint density at radius 1 is 1.35 bits per heavy atom. The number of aromatic nitrogens is 2. The lowest BCUT2D eigenvalue weighted by Gasteiger charge is -2.23. The Kier molecular flexibility index (Phi) is 3.03. The molecule has 2 N–H and O–H groups in total. The molecule has 1 aliphatic rings. The first kappa shape index (κ1) is 11.5. The Hall–Kier alpha value is -1.98. The van der Waals surface area contributed by atoms with Gasteiger partial charge in [0.05, 0.1) is 0 Å². The van der Waals surface area contributed by atoms with Gasteiger partial charge in [-0.05, 0) is 20.3 Å². The highest BCUT2D eigenvalue weighted by Crippen LogP contribution is 2.16. The molecule has 0 aromatic carbocycles. The summed E-state index contributed by atoms with van der Waals surface area (Å²) >= 11 is 0. The number of piperidine rings is 1. The number of carbonyl (C=O) groups excluding carboxylic acids is 2. The highest BCUT2D eigenvalue weighted by molar-refractivity contribution is 6.01. The number of hydrogen-bond acceptors (Lipinski definition) is 5. The van der Waals surface area contributed by atoms with Crippen LogP contribution in [-0.2, 0) is 9.59 Å². The highest BCUT2D eigenvalue weighted by atomic mass is 16.2. The van der Waals surface area contributed by atoms with Gasteiger partial charge in [0.25, 0.3) is 0 Å². The van der Waals surface area contributed by atoms with E-state index in [1.807, 2.05) is 13.8 Å². The number of anilines is 1. The molecule has 17 heavy (non-hydrogen) atoms. The minimum Gasteiger partial charge on any atom is -0.358 e. The minimum absolute atomic E-state index is 0.219. The maximum absolute atomic E-state index is 11.6. The molecular weight excluding hydrogens is 220 g/mol. The third-order valence-electron chi connectivity index (χ3n) is 2.89. The Labute approximate surface area is 98.8 Å². The van der Waals surface area contributed by atoms with Crippen LogP contribution in [0.15, 0.2) is 6.33 Å². The van der Waals surface area contributed by atoms with Crippen LogP contribution in [0.2, 0.25) is 0 Å². The molecule has 0 spiro atoms. The van der Waals surface area contributed by atoms with Gasteiger partial charge in [0.2, 0.25) is 11.8 Å². The zero-order valence-electron chi connectivity index (χ0n) is 9.78. The smallest absolute Gasteiger partial charge is 0.249 e. The number of nitrogens with one attached hydrogen (secondary N) is 2. The number of amides is 2. The molecule has 0 radical (unpaired) electrons. The van der Waals surface area contributed by atoms with Crippen LogP contribution in [0.25, 0.3) is 0 Å². The highest BCUT2D eigenvalue weighted by Gasteiger charge is 2.27. The van der Waals surface area contributed by atoms with Gasteiger partial charge in [-0.25, -0.2) is 9.97 Å². The maximum Gasteiger partial charge on any atom is 0.249 e. The molecule has 6 heteroatoms. The molecule has 1 atom stereocenters. The van der Waals surface area contributed by atoms with E-state index in [1.54, 1.807) is 0 Å².